The highest BCUT2D eigenvalue weighted by Gasteiger charge is 2.19. The first-order valence-corrected chi connectivity index (χ1v) is 10.2. The van der Waals surface area contributed by atoms with Crippen LogP contribution in [0.4, 0.5) is 11.4 Å². The molecule has 4 aromatic rings. The Hall–Kier alpha value is -3.65. The zero-order valence-electron chi connectivity index (χ0n) is 15.3. The van der Waals surface area contributed by atoms with E-state index in [1.807, 2.05) is 0 Å². The van der Waals surface area contributed by atoms with Gasteiger partial charge in [0.05, 0.1) is 4.90 Å². The number of benzene rings is 3. The fraction of sp³-hybridized carbons (Fsp3) is 0.0476. The second-order valence-corrected chi connectivity index (χ2v) is 8.10. The summed E-state index contributed by atoms with van der Waals surface area (Å²) in [6.07, 6.45) is 0. The number of amides is 1. The largest absolute Gasteiger partial charge is 0.423 e. The highest BCUT2D eigenvalue weighted by molar-refractivity contribution is 7.93. The van der Waals surface area contributed by atoms with Crippen LogP contribution in [0.15, 0.2) is 80.8 Å². The first-order valence-electron chi connectivity index (χ1n) is 8.69. The third kappa shape index (κ3) is 3.70. The second kappa shape index (κ2) is 7.06. The van der Waals surface area contributed by atoms with Crippen LogP contribution in [0.25, 0.3) is 21.7 Å². The van der Waals surface area contributed by atoms with Crippen molar-refractivity contribution in [3.8, 4) is 0 Å². The number of nitrogens with one attached hydrogen (secondary N) is 2. The fourth-order valence-electron chi connectivity index (χ4n) is 3.15. The number of fused-ring (bicyclic) bond motifs is 2. The molecular weight excluding hydrogens is 392 g/mol. The Morgan fingerprint density at radius 2 is 1.69 bits per heavy atom. The van der Waals surface area contributed by atoms with Gasteiger partial charge in [-0.3, -0.25) is 9.52 Å². The molecular formula is C21H16N2O5S. The van der Waals surface area contributed by atoms with Gasteiger partial charge in [0.2, 0.25) is 5.91 Å². The quantitative estimate of drug-likeness (QED) is 0.501. The minimum Gasteiger partial charge on any atom is -0.423 e. The van der Waals surface area contributed by atoms with E-state index in [1.54, 1.807) is 42.5 Å². The lowest BCUT2D eigenvalue weighted by Crippen LogP contribution is -2.14. The van der Waals surface area contributed by atoms with Crippen molar-refractivity contribution in [3.05, 3.63) is 77.2 Å². The number of anilines is 2. The summed E-state index contributed by atoms with van der Waals surface area (Å²) in [5.41, 5.74) is 0.760. The van der Waals surface area contributed by atoms with Gasteiger partial charge in [-0.1, -0.05) is 24.3 Å². The van der Waals surface area contributed by atoms with Gasteiger partial charge in [0, 0.05) is 40.5 Å². The van der Waals surface area contributed by atoms with Gasteiger partial charge in [-0.2, -0.15) is 0 Å². The van der Waals surface area contributed by atoms with E-state index in [9.17, 15) is 18.0 Å². The molecule has 1 heterocycles. The lowest BCUT2D eigenvalue weighted by atomic mass is 10.1. The van der Waals surface area contributed by atoms with Crippen molar-refractivity contribution in [1.82, 2.24) is 0 Å². The second-order valence-electron chi connectivity index (χ2n) is 6.45. The SMILES string of the molecule is CC(=O)Nc1ccc(S(=O)(=O)Nc2ccc3oc(=O)ccc3c2)c2ccccc12. The summed E-state index contributed by atoms with van der Waals surface area (Å²) >= 11 is 0. The van der Waals surface area contributed by atoms with Crippen molar-refractivity contribution >= 4 is 49.0 Å². The van der Waals surface area contributed by atoms with Gasteiger partial charge in [0.15, 0.2) is 0 Å². The molecule has 0 bridgehead atoms. The van der Waals surface area contributed by atoms with E-state index < -0.39 is 15.6 Å². The Kier molecular flexibility index (Phi) is 4.56. The van der Waals surface area contributed by atoms with Crippen LogP contribution in [0.5, 0.6) is 0 Å². The highest BCUT2D eigenvalue weighted by atomic mass is 32.2. The minimum atomic E-state index is -3.92. The van der Waals surface area contributed by atoms with Crippen molar-refractivity contribution in [2.24, 2.45) is 0 Å². The van der Waals surface area contributed by atoms with Crippen LogP contribution in [0.3, 0.4) is 0 Å². The third-order valence-corrected chi connectivity index (χ3v) is 5.80. The van der Waals surface area contributed by atoms with Crippen molar-refractivity contribution in [2.45, 2.75) is 11.8 Å². The monoisotopic (exact) mass is 408 g/mol. The number of carbonyl (C=O) groups is 1. The van der Waals surface area contributed by atoms with E-state index >= 15 is 0 Å². The van der Waals surface area contributed by atoms with Crippen molar-refractivity contribution < 1.29 is 17.6 Å². The van der Waals surface area contributed by atoms with Gasteiger partial charge in [0.25, 0.3) is 10.0 Å². The van der Waals surface area contributed by atoms with E-state index in [4.69, 9.17) is 4.42 Å². The van der Waals surface area contributed by atoms with E-state index in [2.05, 4.69) is 10.0 Å². The third-order valence-electron chi connectivity index (χ3n) is 4.36. The lowest BCUT2D eigenvalue weighted by molar-refractivity contribution is -0.114. The predicted molar refractivity (Wildman–Crippen MR) is 112 cm³/mol. The van der Waals surface area contributed by atoms with Gasteiger partial charge in [-0.05, 0) is 36.4 Å². The molecule has 2 N–H and O–H groups in total. The topological polar surface area (TPSA) is 105 Å². The number of carbonyl (C=O) groups excluding carboxylic acids is 1. The molecule has 1 aromatic heterocycles. The van der Waals surface area contributed by atoms with E-state index in [-0.39, 0.29) is 10.8 Å². The minimum absolute atomic E-state index is 0.0851. The molecule has 0 spiro atoms. The van der Waals surface area contributed by atoms with Crippen LogP contribution in [0, 0.1) is 0 Å². The van der Waals surface area contributed by atoms with Gasteiger partial charge >= 0.3 is 5.63 Å². The summed E-state index contributed by atoms with van der Waals surface area (Å²) in [6.45, 7) is 1.39. The molecule has 0 fully saturated rings. The smallest absolute Gasteiger partial charge is 0.336 e. The molecule has 1 amide bonds. The zero-order chi connectivity index (χ0) is 20.6. The van der Waals surface area contributed by atoms with E-state index in [0.29, 0.717) is 33.1 Å². The van der Waals surface area contributed by atoms with Crippen molar-refractivity contribution in [1.29, 1.82) is 0 Å². The summed E-state index contributed by atoms with van der Waals surface area (Å²) in [7, 11) is -3.92. The zero-order valence-corrected chi connectivity index (χ0v) is 16.1. The summed E-state index contributed by atoms with van der Waals surface area (Å²) in [4.78, 5) is 22.8. The summed E-state index contributed by atoms with van der Waals surface area (Å²) < 4.78 is 33.8. The number of hydrogen-bond acceptors (Lipinski definition) is 5. The Labute approximate surface area is 166 Å². The molecule has 0 aliphatic rings. The summed E-state index contributed by atoms with van der Waals surface area (Å²) in [6, 6.07) is 17.4. The molecule has 7 nitrogen and oxygen atoms in total. The molecule has 3 aromatic carbocycles. The van der Waals surface area contributed by atoms with Crippen molar-refractivity contribution in [3.63, 3.8) is 0 Å². The Balaban J connectivity index is 1.78. The summed E-state index contributed by atoms with van der Waals surface area (Å²) in [5, 5.41) is 4.40. The Morgan fingerprint density at radius 1 is 0.931 bits per heavy atom. The maximum Gasteiger partial charge on any atom is 0.336 e. The predicted octanol–water partition coefficient (Wildman–Crippen LogP) is 3.71. The molecule has 8 heteroatoms. The van der Waals surface area contributed by atoms with Crippen LogP contribution in [0.2, 0.25) is 0 Å². The highest BCUT2D eigenvalue weighted by Crippen LogP contribution is 2.31. The molecule has 0 saturated heterocycles. The molecule has 146 valence electrons. The fourth-order valence-corrected chi connectivity index (χ4v) is 4.41. The summed E-state index contributed by atoms with van der Waals surface area (Å²) in [5.74, 6) is -0.244. The van der Waals surface area contributed by atoms with Crippen LogP contribution in [0.1, 0.15) is 6.92 Å². The molecule has 0 aliphatic heterocycles. The van der Waals surface area contributed by atoms with Gasteiger partial charge in [-0.15, -0.1) is 0 Å². The average Bonchev–Trinajstić information content (AvgIpc) is 2.67. The van der Waals surface area contributed by atoms with Crippen LogP contribution < -0.4 is 15.7 Å². The maximum absolute atomic E-state index is 13.1. The van der Waals surface area contributed by atoms with Crippen LogP contribution >= 0.6 is 0 Å². The van der Waals surface area contributed by atoms with E-state index in [0.717, 1.165) is 0 Å². The number of hydrogen-bond donors (Lipinski definition) is 2. The van der Waals surface area contributed by atoms with Gasteiger partial charge in [0.1, 0.15) is 5.58 Å². The molecule has 0 aliphatic carbocycles. The molecule has 0 unspecified atom stereocenters. The maximum atomic E-state index is 13.1. The van der Waals surface area contributed by atoms with Gasteiger partial charge < -0.3 is 9.73 Å². The Bertz CT molecular complexity index is 1420. The van der Waals surface area contributed by atoms with E-state index in [1.165, 1.54) is 31.2 Å². The lowest BCUT2D eigenvalue weighted by Gasteiger charge is -2.13. The molecule has 4 rings (SSSR count). The first kappa shape index (κ1) is 18.7. The molecule has 0 saturated carbocycles. The number of sulfonamides is 1. The Morgan fingerprint density at radius 3 is 2.45 bits per heavy atom. The molecule has 0 atom stereocenters. The molecule has 29 heavy (non-hydrogen) atoms. The van der Waals surface area contributed by atoms with Crippen LogP contribution in [-0.2, 0) is 14.8 Å². The average molecular weight is 408 g/mol. The first-order chi connectivity index (χ1) is 13.8. The number of rotatable bonds is 4. The molecule has 0 radical (unpaired) electrons. The normalized spacial score (nSPS) is 11.5. The van der Waals surface area contributed by atoms with Crippen molar-refractivity contribution in [2.75, 3.05) is 10.0 Å². The van der Waals surface area contributed by atoms with Gasteiger partial charge in [-0.25, -0.2) is 13.2 Å². The van der Waals surface area contributed by atoms with Crippen LogP contribution in [-0.4, -0.2) is 14.3 Å². The standard InChI is InChI=1S/C21H16N2O5S/c1-13(24)22-18-8-10-20(17-5-3-2-4-16(17)18)29(26,27)23-15-7-9-19-14(12-15)6-11-21(25)28-19/h2-12,23H,1H3,(H,22,24).